The van der Waals surface area contributed by atoms with E-state index in [1.165, 1.54) is 22.9 Å². The maximum Gasteiger partial charge on any atom is 0.268 e. The Kier molecular flexibility index (Phi) is 3.16. The van der Waals surface area contributed by atoms with Gasteiger partial charge in [0.15, 0.2) is 0 Å². The van der Waals surface area contributed by atoms with Crippen LogP contribution in [0.4, 0.5) is 4.39 Å². The molecule has 2 heterocycles. The van der Waals surface area contributed by atoms with Gasteiger partial charge in [-0.1, -0.05) is 0 Å². The van der Waals surface area contributed by atoms with Gasteiger partial charge >= 0.3 is 0 Å². The first-order valence-corrected chi connectivity index (χ1v) is 5.56. The van der Waals surface area contributed by atoms with E-state index in [-0.39, 0.29) is 11.3 Å². The zero-order valence-electron chi connectivity index (χ0n) is 10.5. The van der Waals surface area contributed by atoms with Gasteiger partial charge in [0, 0.05) is 11.8 Å². The van der Waals surface area contributed by atoms with Crippen molar-refractivity contribution in [3.8, 4) is 5.69 Å². The second-order valence-electron chi connectivity index (χ2n) is 4.19. The molecular weight excluding hydrogens is 249 g/mol. The Morgan fingerprint density at radius 3 is 2.58 bits per heavy atom. The minimum absolute atomic E-state index is 0.132. The van der Waals surface area contributed by atoms with Gasteiger partial charge in [-0.25, -0.2) is 4.39 Å². The number of hydrogen-bond donors (Lipinski definition) is 1. The second-order valence-corrected chi connectivity index (χ2v) is 4.19. The number of hydrogen-bond acceptors (Lipinski definition) is 3. The molecule has 0 atom stereocenters. The van der Waals surface area contributed by atoms with E-state index in [4.69, 9.17) is 5.73 Å². The van der Waals surface area contributed by atoms with Crippen molar-refractivity contribution in [3.05, 3.63) is 57.5 Å². The third-order valence-electron chi connectivity index (χ3n) is 2.91. The van der Waals surface area contributed by atoms with E-state index in [0.717, 1.165) is 6.20 Å². The molecule has 2 N–H and O–H groups in total. The zero-order valence-corrected chi connectivity index (χ0v) is 10.5. The molecule has 0 saturated carbocycles. The van der Waals surface area contributed by atoms with Crippen LogP contribution in [0.3, 0.4) is 0 Å². The summed E-state index contributed by atoms with van der Waals surface area (Å²) in [5.74, 6) is -1.38. The number of rotatable bonds is 2. The predicted octanol–water partition coefficient (Wildman–Crippen LogP) is 1.09. The highest BCUT2D eigenvalue weighted by Crippen LogP contribution is 2.13. The van der Waals surface area contributed by atoms with Gasteiger partial charge in [-0.05, 0) is 25.5 Å². The van der Waals surface area contributed by atoms with Crippen LogP contribution in [0.15, 0.2) is 29.3 Å². The van der Waals surface area contributed by atoms with Gasteiger partial charge in [0.25, 0.3) is 11.5 Å². The van der Waals surface area contributed by atoms with Crippen LogP contribution in [0.25, 0.3) is 5.69 Å². The van der Waals surface area contributed by atoms with Crippen molar-refractivity contribution in [2.24, 2.45) is 5.73 Å². The summed E-state index contributed by atoms with van der Waals surface area (Å²) >= 11 is 0. The first-order valence-electron chi connectivity index (χ1n) is 5.56. The molecule has 2 rings (SSSR count). The summed E-state index contributed by atoms with van der Waals surface area (Å²) in [6.07, 6.45) is 2.39. The summed E-state index contributed by atoms with van der Waals surface area (Å²) in [6, 6.07) is 2.61. The molecule has 0 fully saturated rings. The fourth-order valence-corrected chi connectivity index (χ4v) is 1.84. The average Bonchev–Trinajstić information content (AvgIpc) is 2.34. The van der Waals surface area contributed by atoms with E-state index in [1.54, 1.807) is 13.8 Å². The Labute approximate surface area is 108 Å². The number of primary amides is 1. The summed E-state index contributed by atoms with van der Waals surface area (Å²) in [7, 11) is 0. The van der Waals surface area contributed by atoms with Gasteiger partial charge in [-0.2, -0.15) is 0 Å². The number of nitrogens with two attached hydrogens (primary N) is 1. The lowest BCUT2D eigenvalue weighted by Gasteiger charge is -2.13. The van der Waals surface area contributed by atoms with Crippen molar-refractivity contribution in [3.63, 3.8) is 0 Å². The number of pyridine rings is 2. The molecular formula is C13H12FN3O2. The lowest BCUT2D eigenvalue weighted by atomic mass is 10.1. The zero-order chi connectivity index (χ0) is 14.2. The Balaban J connectivity index is 2.83. The summed E-state index contributed by atoms with van der Waals surface area (Å²) in [6.45, 7) is 3.44. The quantitative estimate of drug-likeness (QED) is 0.878. The number of amides is 1. The fraction of sp³-hybridized carbons (Fsp3) is 0.154. The number of carbonyl (C=O) groups is 1. The molecule has 0 bridgehead atoms. The van der Waals surface area contributed by atoms with Crippen LogP contribution in [-0.2, 0) is 0 Å². The molecule has 2 aromatic heterocycles. The van der Waals surface area contributed by atoms with Gasteiger partial charge in [0.05, 0.1) is 18.1 Å². The lowest BCUT2D eigenvalue weighted by molar-refractivity contribution is 0.0998. The standard InChI is InChI=1S/C13H12FN3O2/c1-7-3-11(12(15)18)13(19)17(8(7)2)10-4-9(14)5-16-6-10/h3-6H,1-2H3,(H2,15,18). The van der Waals surface area contributed by atoms with Crippen LogP contribution >= 0.6 is 0 Å². The van der Waals surface area contributed by atoms with Gasteiger partial charge in [0.2, 0.25) is 0 Å². The molecule has 0 spiro atoms. The molecule has 0 aliphatic carbocycles. The van der Waals surface area contributed by atoms with Gasteiger partial charge < -0.3 is 5.73 Å². The summed E-state index contributed by atoms with van der Waals surface area (Å²) < 4.78 is 14.4. The van der Waals surface area contributed by atoms with Crippen molar-refractivity contribution in [1.82, 2.24) is 9.55 Å². The molecule has 0 aliphatic heterocycles. The highest BCUT2D eigenvalue weighted by molar-refractivity contribution is 5.92. The molecule has 6 heteroatoms. The average molecular weight is 261 g/mol. The first kappa shape index (κ1) is 12.9. The third-order valence-corrected chi connectivity index (χ3v) is 2.91. The SMILES string of the molecule is Cc1cc(C(N)=O)c(=O)n(-c2cncc(F)c2)c1C. The summed E-state index contributed by atoms with van der Waals surface area (Å²) in [5, 5.41) is 0. The van der Waals surface area contributed by atoms with E-state index >= 15 is 0 Å². The van der Waals surface area contributed by atoms with E-state index in [1.807, 2.05) is 0 Å². The van der Waals surface area contributed by atoms with Crippen molar-refractivity contribution in [2.75, 3.05) is 0 Å². The van der Waals surface area contributed by atoms with E-state index in [9.17, 15) is 14.0 Å². The highest BCUT2D eigenvalue weighted by Gasteiger charge is 2.15. The van der Waals surface area contributed by atoms with Crippen molar-refractivity contribution in [1.29, 1.82) is 0 Å². The maximum absolute atomic E-state index is 13.2. The largest absolute Gasteiger partial charge is 0.365 e. The van der Waals surface area contributed by atoms with Crippen LogP contribution in [-0.4, -0.2) is 15.5 Å². The van der Waals surface area contributed by atoms with Crippen LogP contribution in [0.1, 0.15) is 21.6 Å². The van der Waals surface area contributed by atoms with Crippen molar-refractivity contribution >= 4 is 5.91 Å². The molecule has 0 saturated heterocycles. The number of aromatic nitrogens is 2. The van der Waals surface area contributed by atoms with E-state index < -0.39 is 17.3 Å². The lowest BCUT2D eigenvalue weighted by Crippen LogP contribution is -2.30. The third kappa shape index (κ3) is 2.24. The molecule has 0 unspecified atom stereocenters. The normalized spacial score (nSPS) is 10.5. The minimum atomic E-state index is -0.814. The van der Waals surface area contributed by atoms with Crippen LogP contribution < -0.4 is 11.3 Å². The number of carbonyl (C=O) groups excluding carboxylic acids is 1. The van der Waals surface area contributed by atoms with Crippen LogP contribution in [0, 0.1) is 19.7 Å². The van der Waals surface area contributed by atoms with E-state index in [0.29, 0.717) is 11.3 Å². The second kappa shape index (κ2) is 4.64. The Bertz CT molecular complexity index is 722. The molecule has 1 amide bonds. The first-order chi connectivity index (χ1) is 8.91. The molecule has 98 valence electrons. The topological polar surface area (TPSA) is 78.0 Å². The fourth-order valence-electron chi connectivity index (χ4n) is 1.84. The van der Waals surface area contributed by atoms with Gasteiger partial charge in [-0.3, -0.25) is 19.1 Å². The van der Waals surface area contributed by atoms with Crippen molar-refractivity contribution < 1.29 is 9.18 Å². The molecule has 0 aliphatic rings. The number of aryl methyl sites for hydroxylation is 1. The van der Waals surface area contributed by atoms with Crippen molar-refractivity contribution in [2.45, 2.75) is 13.8 Å². The Morgan fingerprint density at radius 2 is 2.00 bits per heavy atom. The van der Waals surface area contributed by atoms with Gasteiger partial charge in [-0.15, -0.1) is 0 Å². The molecule has 5 nitrogen and oxygen atoms in total. The predicted molar refractivity (Wildman–Crippen MR) is 67.8 cm³/mol. The summed E-state index contributed by atoms with van der Waals surface area (Å²) in [4.78, 5) is 27.2. The van der Waals surface area contributed by atoms with Crippen LogP contribution in [0.5, 0.6) is 0 Å². The molecule has 0 radical (unpaired) electrons. The minimum Gasteiger partial charge on any atom is -0.365 e. The Morgan fingerprint density at radius 1 is 1.32 bits per heavy atom. The number of nitrogens with zero attached hydrogens (tertiary/aromatic N) is 2. The number of halogens is 1. The smallest absolute Gasteiger partial charge is 0.268 e. The monoisotopic (exact) mass is 261 g/mol. The van der Waals surface area contributed by atoms with Gasteiger partial charge in [0.1, 0.15) is 11.4 Å². The molecule has 2 aromatic rings. The molecule has 19 heavy (non-hydrogen) atoms. The molecule has 0 aromatic carbocycles. The summed E-state index contributed by atoms with van der Waals surface area (Å²) in [5.41, 5.74) is 6.02. The highest BCUT2D eigenvalue weighted by atomic mass is 19.1. The van der Waals surface area contributed by atoms with E-state index in [2.05, 4.69) is 4.98 Å². The van der Waals surface area contributed by atoms with Crippen LogP contribution in [0.2, 0.25) is 0 Å². The maximum atomic E-state index is 13.2. The Hall–Kier alpha value is -2.50.